The Balaban J connectivity index is 1.57. The molecule has 0 fully saturated rings. The lowest BCUT2D eigenvalue weighted by atomic mass is 10.1. The molecule has 0 unspecified atom stereocenters. The van der Waals surface area contributed by atoms with Gasteiger partial charge in [0.05, 0.1) is 16.5 Å². The molecule has 8 nitrogen and oxygen atoms in total. The lowest BCUT2D eigenvalue weighted by Crippen LogP contribution is -2.43. The van der Waals surface area contributed by atoms with E-state index in [9.17, 15) is 19.6 Å². The number of hydrazine groups is 1. The molecule has 4 rings (SSSR count). The SMILES string of the molecule is CCCn1nc(C(=O)NNC(=O)c2ccccc2Sc2ccccc2C#N)c2ccccc2c1=O. The normalized spacial score (nSPS) is 10.5. The molecule has 0 aliphatic rings. The minimum Gasteiger partial charge on any atom is -0.267 e. The summed E-state index contributed by atoms with van der Waals surface area (Å²) in [6.45, 7) is 2.28. The van der Waals surface area contributed by atoms with E-state index in [1.54, 1.807) is 60.7 Å². The largest absolute Gasteiger partial charge is 0.290 e. The Morgan fingerprint density at radius 3 is 2.29 bits per heavy atom. The van der Waals surface area contributed by atoms with Crippen molar-refractivity contribution in [2.45, 2.75) is 29.7 Å². The fraction of sp³-hybridized carbons (Fsp3) is 0.115. The van der Waals surface area contributed by atoms with E-state index in [1.165, 1.54) is 16.4 Å². The molecule has 0 aliphatic heterocycles. The number of aromatic nitrogens is 2. The van der Waals surface area contributed by atoms with Gasteiger partial charge in [-0.2, -0.15) is 10.4 Å². The fourth-order valence-electron chi connectivity index (χ4n) is 3.52. The number of hydrogen-bond acceptors (Lipinski definition) is 6. The number of rotatable bonds is 6. The summed E-state index contributed by atoms with van der Waals surface area (Å²) in [4.78, 5) is 39.9. The summed E-state index contributed by atoms with van der Waals surface area (Å²) in [6.07, 6.45) is 0.673. The lowest BCUT2D eigenvalue weighted by Gasteiger charge is -2.13. The van der Waals surface area contributed by atoms with Gasteiger partial charge in [0.15, 0.2) is 5.69 Å². The van der Waals surface area contributed by atoms with E-state index < -0.39 is 11.8 Å². The number of benzene rings is 3. The van der Waals surface area contributed by atoms with Crippen molar-refractivity contribution in [1.82, 2.24) is 20.6 Å². The Morgan fingerprint density at radius 1 is 0.914 bits per heavy atom. The Labute approximate surface area is 205 Å². The molecule has 1 heterocycles. The third-order valence-electron chi connectivity index (χ3n) is 5.17. The van der Waals surface area contributed by atoms with Crippen LogP contribution in [0.2, 0.25) is 0 Å². The fourth-order valence-corrected chi connectivity index (χ4v) is 4.54. The summed E-state index contributed by atoms with van der Waals surface area (Å²) in [5, 5.41) is 14.4. The number of fused-ring (bicyclic) bond motifs is 1. The lowest BCUT2D eigenvalue weighted by molar-refractivity contribution is 0.0842. The molecule has 0 saturated carbocycles. The van der Waals surface area contributed by atoms with Crippen LogP contribution < -0.4 is 16.4 Å². The molecule has 4 aromatic rings. The van der Waals surface area contributed by atoms with Gasteiger partial charge in [0.1, 0.15) is 6.07 Å². The van der Waals surface area contributed by atoms with Gasteiger partial charge in [-0.25, -0.2) is 4.68 Å². The maximum absolute atomic E-state index is 13.0. The number of amides is 2. The van der Waals surface area contributed by atoms with Crippen LogP contribution in [0, 0.1) is 11.3 Å². The third kappa shape index (κ3) is 5.08. The van der Waals surface area contributed by atoms with Gasteiger partial charge in [0.2, 0.25) is 0 Å². The van der Waals surface area contributed by atoms with Crippen LogP contribution >= 0.6 is 11.8 Å². The van der Waals surface area contributed by atoms with Crippen LogP contribution in [0.3, 0.4) is 0 Å². The van der Waals surface area contributed by atoms with Crippen molar-refractivity contribution in [1.29, 1.82) is 5.26 Å². The molecule has 0 bridgehead atoms. The van der Waals surface area contributed by atoms with Crippen molar-refractivity contribution in [2.24, 2.45) is 0 Å². The molecule has 0 atom stereocenters. The summed E-state index contributed by atoms with van der Waals surface area (Å²) < 4.78 is 1.26. The first-order valence-corrected chi connectivity index (χ1v) is 11.7. The third-order valence-corrected chi connectivity index (χ3v) is 6.32. The standard InChI is InChI=1S/C26H21N5O3S/c1-2-15-31-26(34)19-11-5-4-10-18(19)23(30-31)25(33)29-28-24(32)20-12-6-8-14-22(20)35-21-13-7-3-9-17(21)16-27/h3-14H,2,15H2,1H3,(H,28,32)(H,29,33). The summed E-state index contributed by atoms with van der Waals surface area (Å²) >= 11 is 1.29. The van der Waals surface area contributed by atoms with Crippen LogP contribution in [-0.4, -0.2) is 21.6 Å². The van der Waals surface area contributed by atoms with E-state index in [1.807, 2.05) is 19.1 Å². The number of carbonyl (C=O) groups excluding carboxylic acids is 2. The number of nitrogens with one attached hydrogen (secondary N) is 2. The highest BCUT2D eigenvalue weighted by molar-refractivity contribution is 7.99. The van der Waals surface area contributed by atoms with Gasteiger partial charge in [-0.1, -0.05) is 61.2 Å². The molecule has 9 heteroatoms. The van der Waals surface area contributed by atoms with Gasteiger partial charge in [-0.15, -0.1) is 0 Å². The van der Waals surface area contributed by atoms with Crippen molar-refractivity contribution in [3.05, 3.63) is 100.0 Å². The molecule has 2 amide bonds. The van der Waals surface area contributed by atoms with Crippen molar-refractivity contribution in [3.8, 4) is 6.07 Å². The Hall–Kier alpha value is -4.42. The minimum absolute atomic E-state index is 0.0413. The number of nitrogens with zero attached hydrogens (tertiary/aromatic N) is 3. The van der Waals surface area contributed by atoms with E-state index >= 15 is 0 Å². The van der Waals surface area contributed by atoms with Crippen LogP contribution in [-0.2, 0) is 6.54 Å². The number of hydrogen-bond donors (Lipinski definition) is 2. The van der Waals surface area contributed by atoms with Crippen molar-refractivity contribution >= 4 is 34.3 Å². The van der Waals surface area contributed by atoms with Gasteiger partial charge in [-0.3, -0.25) is 25.2 Å². The summed E-state index contributed by atoms with van der Waals surface area (Å²) in [6, 6.07) is 22.9. The molecule has 2 N–H and O–H groups in total. The first-order valence-electron chi connectivity index (χ1n) is 10.9. The number of nitriles is 1. The van der Waals surface area contributed by atoms with E-state index in [0.29, 0.717) is 44.7 Å². The molecule has 0 radical (unpaired) electrons. The van der Waals surface area contributed by atoms with Crippen LogP contribution in [0.5, 0.6) is 0 Å². The Kier molecular flexibility index (Phi) is 7.24. The average molecular weight is 484 g/mol. The molecule has 174 valence electrons. The van der Waals surface area contributed by atoms with Gasteiger partial charge < -0.3 is 0 Å². The first kappa shape index (κ1) is 23.7. The Bertz CT molecular complexity index is 1520. The van der Waals surface area contributed by atoms with Gasteiger partial charge in [0, 0.05) is 21.7 Å². The van der Waals surface area contributed by atoms with Gasteiger partial charge in [-0.05, 0) is 36.8 Å². The monoisotopic (exact) mass is 483 g/mol. The number of carbonyl (C=O) groups is 2. The van der Waals surface area contributed by atoms with Crippen molar-refractivity contribution in [2.75, 3.05) is 0 Å². The van der Waals surface area contributed by atoms with Crippen LogP contribution in [0.4, 0.5) is 0 Å². The van der Waals surface area contributed by atoms with Gasteiger partial charge >= 0.3 is 0 Å². The second kappa shape index (κ2) is 10.7. The van der Waals surface area contributed by atoms with E-state index in [0.717, 1.165) is 0 Å². The van der Waals surface area contributed by atoms with E-state index in [2.05, 4.69) is 22.0 Å². The zero-order valence-corrected chi connectivity index (χ0v) is 19.6. The molecule has 1 aromatic heterocycles. The highest BCUT2D eigenvalue weighted by Crippen LogP contribution is 2.32. The highest BCUT2D eigenvalue weighted by atomic mass is 32.2. The highest BCUT2D eigenvalue weighted by Gasteiger charge is 2.19. The van der Waals surface area contributed by atoms with Crippen LogP contribution in [0.1, 0.15) is 39.8 Å². The number of aryl methyl sites for hydroxylation is 1. The van der Waals surface area contributed by atoms with E-state index in [4.69, 9.17) is 0 Å². The minimum atomic E-state index is -0.639. The van der Waals surface area contributed by atoms with Crippen molar-refractivity contribution in [3.63, 3.8) is 0 Å². The quantitative estimate of drug-likeness (QED) is 0.402. The Morgan fingerprint density at radius 2 is 1.54 bits per heavy atom. The maximum Gasteiger partial charge on any atom is 0.290 e. The summed E-state index contributed by atoms with van der Waals surface area (Å²) in [7, 11) is 0. The maximum atomic E-state index is 13.0. The second-order valence-corrected chi connectivity index (χ2v) is 8.62. The molecule has 0 spiro atoms. The van der Waals surface area contributed by atoms with Crippen molar-refractivity contribution < 1.29 is 9.59 Å². The summed E-state index contributed by atoms with van der Waals surface area (Å²) in [5.74, 6) is -1.17. The predicted molar refractivity (Wildman–Crippen MR) is 133 cm³/mol. The molecule has 0 aliphatic carbocycles. The average Bonchev–Trinajstić information content (AvgIpc) is 2.89. The molecular weight excluding hydrogens is 462 g/mol. The molecule has 3 aromatic carbocycles. The zero-order chi connectivity index (χ0) is 24.8. The first-order chi connectivity index (χ1) is 17.0. The van der Waals surface area contributed by atoms with Crippen LogP contribution in [0.25, 0.3) is 10.8 Å². The van der Waals surface area contributed by atoms with Crippen LogP contribution in [0.15, 0.2) is 87.4 Å². The van der Waals surface area contributed by atoms with E-state index in [-0.39, 0.29) is 11.3 Å². The topological polar surface area (TPSA) is 117 Å². The smallest absolute Gasteiger partial charge is 0.267 e. The zero-order valence-electron chi connectivity index (χ0n) is 18.8. The van der Waals surface area contributed by atoms with Gasteiger partial charge in [0.25, 0.3) is 17.4 Å². The predicted octanol–water partition coefficient (Wildman–Crippen LogP) is 3.90. The molecule has 35 heavy (non-hydrogen) atoms. The second-order valence-electron chi connectivity index (χ2n) is 7.54. The molecule has 0 saturated heterocycles. The molecular formula is C26H21N5O3S. The summed E-state index contributed by atoms with van der Waals surface area (Å²) in [5.41, 5.74) is 5.46.